The number of aryl methyl sites for hydroxylation is 2. The zero-order valence-corrected chi connectivity index (χ0v) is 16.2. The molecule has 2 N–H and O–H groups in total. The number of hydrogen-bond acceptors (Lipinski definition) is 7. The first-order valence-corrected chi connectivity index (χ1v) is 9.42. The number of aromatic nitrogens is 2. The molecule has 2 aromatic heterocycles. The molecule has 4 rings (SSSR count). The van der Waals surface area contributed by atoms with Crippen LogP contribution in [0.15, 0.2) is 23.0 Å². The fourth-order valence-corrected chi connectivity index (χ4v) is 3.99. The van der Waals surface area contributed by atoms with Crippen molar-refractivity contribution in [3.63, 3.8) is 0 Å². The number of ether oxygens (including phenoxy) is 2. The van der Waals surface area contributed by atoms with Crippen LogP contribution >= 0.6 is 11.3 Å². The van der Waals surface area contributed by atoms with E-state index < -0.39 is 12.1 Å². The number of esters is 1. The van der Waals surface area contributed by atoms with Gasteiger partial charge in [-0.3, -0.25) is 9.59 Å². The number of anilines is 1. The first kappa shape index (κ1) is 18.2. The molecular formula is C19H17N3O5S. The van der Waals surface area contributed by atoms with E-state index in [0.717, 1.165) is 10.4 Å². The zero-order chi connectivity index (χ0) is 20.0. The lowest BCUT2D eigenvalue weighted by molar-refractivity contribution is -0.118. The molecule has 144 valence electrons. The molecule has 1 amide bonds. The Labute approximate surface area is 163 Å². The minimum absolute atomic E-state index is 0.104. The highest BCUT2D eigenvalue weighted by molar-refractivity contribution is 7.18. The fraction of sp³-hybridized carbons (Fsp3) is 0.263. The molecule has 0 unspecified atom stereocenters. The van der Waals surface area contributed by atoms with E-state index in [-0.39, 0.29) is 29.5 Å². The Balaban J connectivity index is 1.57. The molecule has 1 atom stereocenters. The van der Waals surface area contributed by atoms with Crippen LogP contribution in [0.1, 0.15) is 39.7 Å². The summed E-state index contributed by atoms with van der Waals surface area (Å²) in [6, 6.07) is 4.63. The first-order valence-electron chi connectivity index (χ1n) is 8.61. The maximum absolute atomic E-state index is 12.5. The van der Waals surface area contributed by atoms with Crippen molar-refractivity contribution in [1.29, 1.82) is 0 Å². The van der Waals surface area contributed by atoms with Gasteiger partial charge in [-0.25, -0.2) is 9.78 Å². The third kappa shape index (κ3) is 3.13. The highest BCUT2D eigenvalue weighted by atomic mass is 32.1. The molecule has 0 radical (unpaired) electrons. The lowest BCUT2D eigenvalue weighted by atomic mass is 10.1. The number of benzene rings is 1. The molecule has 3 heterocycles. The monoisotopic (exact) mass is 399 g/mol. The number of carbonyl (C=O) groups excluding carboxylic acids is 2. The number of hydrogen-bond donors (Lipinski definition) is 2. The van der Waals surface area contributed by atoms with Gasteiger partial charge in [-0.15, -0.1) is 11.3 Å². The van der Waals surface area contributed by atoms with Gasteiger partial charge in [0.1, 0.15) is 10.6 Å². The van der Waals surface area contributed by atoms with Crippen molar-refractivity contribution in [2.75, 3.05) is 11.9 Å². The molecule has 0 aliphatic carbocycles. The van der Waals surface area contributed by atoms with Crippen LogP contribution in [-0.4, -0.2) is 28.5 Å². The average Bonchev–Trinajstić information content (AvgIpc) is 2.95. The largest absolute Gasteiger partial charge is 0.482 e. The van der Waals surface area contributed by atoms with Gasteiger partial charge in [-0.05, 0) is 44.5 Å². The average molecular weight is 399 g/mol. The number of fused-ring (bicyclic) bond motifs is 2. The van der Waals surface area contributed by atoms with Crippen molar-refractivity contribution in [2.24, 2.45) is 0 Å². The first-order chi connectivity index (χ1) is 13.3. The van der Waals surface area contributed by atoms with Gasteiger partial charge in [0.15, 0.2) is 18.5 Å². The van der Waals surface area contributed by atoms with Crippen LogP contribution in [0.3, 0.4) is 0 Å². The minimum Gasteiger partial charge on any atom is -0.482 e. The second kappa shape index (κ2) is 6.75. The molecule has 1 aliphatic heterocycles. The van der Waals surface area contributed by atoms with Crippen molar-refractivity contribution in [2.45, 2.75) is 26.9 Å². The summed E-state index contributed by atoms with van der Waals surface area (Å²) in [4.78, 5) is 45.0. The summed E-state index contributed by atoms with van der Waals surface area (Å²) in [5.74, 6) is -0.147. The standard InChI is InChI=1S/C19H17N3O5S/c1-8-10(3)28-18-15(8)17(24)21-16(22-18)9(2)27-19(25)11-4-5-12-13(6-11)26-7-14(23)20-12/h4-6,9H,7H2,1-3H3,(H,20,23)(H,21,22,24)/t9-/m1/s1. The van der Waals surface area contributed by atoms with E-state index in [2.05, 4.69) is 15.3 Å². The summed E-state index contributed by atoms with van der Waals surface area (Å²) in [5, 5.41) is 3.23. The predicted molar refractivity (Wildman–Crippen MR) is 104 cm³/mol. The Morgan fingerprint density at radius 3 is 2.89 bits per heavy atom. The van der Waals surface area contributed by atoms with Crippen LogP contribution in [0, 0.1) is 13.8 Å². The summed E-state index contributed by atoms with van der Waals surface area (Å²) in [6.07, 6.45) is -0.746. The highest BCUT2D eigenvalue weighted by Gasteiger charge is 2.22. The normalized spacial score (nSPS) is 14.2. The Morgan fingerprint density at radius 2 is 2.11 bits per heavy atom. The number of carbonyl (C=O) groups is 2. The lowest BCUT2D eigenvalue weighted by Crippen LogP contribution is -2.25. The van der Waals surface area contributed by atoms with Crippen LogP contribution in [-0.2, 0) is 9.53 Å². The van der Waals surface area contributed by atoms with Gasteiger partial charge in [0, 0.05) is 4.88 Å². The number of nitrogens with zero attached hydrogens (tertiary/aromatic N) is 1. The predicted octanol–water partition coefficient (Wildman–Crippen LogP) is 2.85. The summed E-state index contributed by atoms with van der Waals surface area (Å²) >= 11 is 1.43. The van der Waals surface area contributed by atoms with Crippen LogP contribution in [0.4, 0.5) is 5.69 Å². The van der Waals surface area contributed by atoms with Gasteiger partial charge >= 0.3 is 5.97 Å². The minimum atomic E-state index is -0.746. The van der Waals surface area contributed by atoms with Crippen LogP contribution in [0.2, 0.25) is 0 Å². The summed E-state index contributed by atoms with van der Waals surface area (Å²) in [7, 11) is 0. The fourth-order valence-electron chi connectivity index (χ4n) is 2.95. The second-order valence-electron chi connectivity index (χ2n) is 6.51. The highest BCUT2D eigenvalue weighted by Crippen LogP contribution is 2.30. The third-order valence-corrected chi connectivity index (χ3v) is 5.68. The van der Waals surface area contributed by atoms with Gasteiger partial charge in [-0.2, -0.15) is 0 Å². The number of H-pyrrole nitrogens is 1. The number of rotatable bonds is 3. The van der Waals surface area contributed by atoms with E-state index in [0.29, 0.717) is 21.7 Å². The van der Waals surface area contributed by atoms with E-state index in [4.69, 9.17) is 9.47 Å². The summed E-state index contributed by atoms with van der Waals surface area (Å²) in [5.41, 5.74) is 1.43. The summed E-state index contributed by atoms with van der Waals surface area (Å²) < 4.78 is 10.8. The maximum Gasteiger partial charge on any atom is 0.338 e. The molecule has 1 aliphatic rings. The van der Waals surface area contributed by atoms with Gasteiger partial charge in [0.05, 0.1) is 16.6 Å². The van der Waals surface area contributed by atoms with Crippen LogP contribution in [0.25, 0.3) is 10.2 Å². The molecule has 0 saturated carbocycles. The van der Waals surface area contributed by atoms with Crippen molar-refractivity contribution >= 4 is 39.1 Å². The smallest absolute Gasteiger partial charge is 0.338 e. The van der Waals surface area contributed by atoms with Crippen molar-refractivity contribution in [3.8, 4) is 5.75 Å². The Hall–Kier alpha value is -3.20. The topological polar surface area (TPSA) is 110 Å². The SMILES string of the molecule is Cc1sc2nc([C@@H](C)OC(=O)c3ccc4c(c3)OCC(=O)N4)[nH]c(=O)c2c1C. The molecule has 0 bridgehead atoms. The Bertz CT molecular complexity index is 1180. The molecule has 0 spiro atoms. The number of thiophene rings is 1. The molecule has 8 nitrogen and oxygen atoms in total. The quantitative estimate of drug-likeness (QED) is 0.655. The molecule has 28 heavy (non-hydrogen) atoms. The molecule has 0 saturated heterocycles. The second-order valence-corrected chi connectivity index (χ2v) is 7.71. The summed E-state index contributed by atoms with van der Waals surface area (Å²) in [6.45, 7) is 5.36. The maximum atomic E-state index is 12.5. The van der Waals surface area contributed by atoms with E-state index in [1.807, 2.05) is 13.8 Å². The third-order valence-electron chi connectivity index (χ3n) is 4.58. The molecular weight excluding hydrogens is 382 g/mol. The Morgan fingerprint density at radius 1 is 1.32 bits per heavy atom. The number of amides is 1. The van der Waals surface area contributed by atoms with Gasteiger partial charge in [-0.1, -0.05) is 0 Å². The van der Waals surface area contributed by atoms with Crippen molar-refractivity contribution in [1.82, 2.24) is 9.97 Å². The Kier molecular flexibility index (Phi) is 4.38. The van der Waals surface area contributed by atoms with E-state index in [1.165, 1.54) is 23.5 Å². The van der Waals surface area contributed by atoms with E-state index in [1.54, 1.807) is 13.0 Å². The van der Waals surface area contributed by atoms with Crippen LogP contribution < -0.4 is 15.6 Å². The van der Waals surface area contributed by atoms with Crippen LogP contribution in [0.5, 0.6) is 5.75 Å². The number of aromatic amines is 1. The molecule has 9 heteroatoms. The van der Waals surface area contributed by atoms with E-state index >= 15 is 0 Å². The van der Waals surface area contributed by atoms with Gasteiger partial charge < -0.3 is 19.8 Å². The lowest BCUT2D eigenvalue weighted by Gasteiger charge is -2.18. The van der Waals surface area contributed by atoms with Crippen molar-refractivity contribution < 1.29 is 19.1 Å². The zero-order valence-electron chi connectivity index (χ0n) is 15.4. The number of nitrogens with one attached hydrogen (secondary N) is 2. The van der Waals surface area contributed by atoms with Gasteiger partial charge in [0.25, 0.3) is 11.5 Å². The molecule has 0 fully saturated rings. The molecule has 3 aromatic rings. The molecule has 1 aromatic carbocycles. The van der Waals surface area contributed by atoms with Gasteiger partial charge in [0.2, 0.25) is 0 Å². The van der Waals surface area contributed by atoms with Crippen molar-refractivity contribution in [3.05, 3.63) is 50.4 Å². The van der Waals surface area contributed by atoms with E-state index in [9.17, 15) is 14.4 Å².